The number of imide groups is 1. The highest BCUT2D eigenvalue weighted by molar-refractivity contribution is 6.07. The second-order valence-corrected chi connectivity index (χ2v) is 7.38. The van der Waals surface area contributed by atoms with Gasteiger partial charge in [-0.05, 0) is 54.7 Å². The molecule has 3 amide bonds. The molecule has 0 unspecified atom stereocenters. The van der Waals surface area contributed by atoms with Crippen molar-refractivity contribution in [2.24, 2.45) is 11.0 Å². The van der Waals surface area contributed by atoms with Crippen LogP contribution in [0, 0.1) is 5.92 Å². The number of hydrazone groups is 1. The zero-order valence-corrected chi connectivity index (χ0v) is 16.4. The SMILES string of the molecule is CC(C)CCOc1ccc(/C=N\N2C(=O)N[C@](C)(c3ccccc3)C2=O)cc1. The maximum Gasteiger partial charge on any atom is 0.346 e. The molecule has 0 saturated carbocycles. The van der Waals surface area contributed by atoms with Crippen molar-refractivity contribution in [3.05, 3.63) is 65.7 Å². The molecule has 6 nitrogen and oxygen atoms in total. The third-order valence-electron chi connectivity index (χ3n) is 4.69. The number of urea groups is 1. The first-order valence-corrected chi connectivity index (χ1v) is 9.39. The summed E-state index contributed by atoms with van der Waals surface area (Å²) < 4.78 is 5.69. The molecular formula is C22H25N3O3. The van der Waals surface area contributed by atoms with Gasteiger partial charge in [0.25, 0.3) is 5.91 Å². The average Bonchev–Trinajstić information content (AvgIpc) is 2.91. The van der Waals surface area contributed by atoms with Gasteiger partial charge in [0.2, 0.25) is 0 Å². The van der Waals surface area contributed by atoms with Gasteiger partial charge in [-0.2, -0.15) is 5.10 Å². The lowest BCUT2D eigenvalue weighted by molar-refractivity contribution is -0.131. The maximum absolute atomic E-state index is 12.8. The third kappa shape index (κ3) is 4.22. The second kappa shape index (κ2) is 8.25. The smallest absolute Gasteiger partial charge is 0.346 e. The molecule has 0 aromatic heterocycles. The summed E-state index contributed by atoms with van der Waals surface area (Å²) in [6, 6.07) is 16.0. The Morgan fingerprint density at radius 3 is 2.43 bits per heavy atom. The van der Waals surface area contributed by atoms with Gasteiger partial charge in [-0.3, -0.25) is 4.79 Å². The summed E-state index contributed by atoms with van der Waals surface area (Å²) in [5, 5.41) is 7.70. The Morgan fingerprint density at radius 2 is 1.79 bits per heavy atom. The summed E-state index contributed by atoms with van der Waals surface area (Å²) in [5.74, 6) is 0.968. The van der Waals surface area contributed by atoms with Crippen molar-refractivity contribution < 1.29 is 14.3 Å². The molecule has 2 aromatic carbocycles. The van der Waals surface area contributed by atoms with Crippen molar-refractivity contribution in [3.63, 3.8) is 0 Å². The predicted molar refractivity (Wildman–Crippen MR) is 108 cm³/mol. The first-order valence-electron chi connectivity index (χ1n) is 9.39. The summed E-state index contributed by atoms with van der Waals surface area (Å²) in [5.41, 5.74) is 0.364. The van der Waals surface area contributed by atoms with Gasteiger partial charge in [0.15, 0.2) is 0 Å². The summed E-state index contributed by atoms with van der Waals surface area (Å²) in [6.45, 7) is 6.66. The number of carbonyl (C=O) groups excluding carboxylic acids is 2. The molecule has 1 N–H and O–H groups in total. The summed E-state index contributed by atoms with van der Waals surface area (Å²) in [4.78, 5) is 25.1. The number of nitrogens with one attached hydrogen (secondary N) is 1. The van der Waals surface area contributed by atoms with Gasteiger partial charge in [-0.1, -0.05) is 44.2 Å². The molecule has 0 aliphatic carbocycles. The van der Waals surface area contributed by atoms with Crippen molar-refractivity contribution in [3.8, 4) is 5.75 Å². The van der Waals surface area contributed by atoms with E-state index in [-0.39, 0.29) is 0 Å². The minimum Gasteiger partial charge on any atom is -0.494 e. The minimum absolute atomic E-state index is 0.409. The molecule has 0 bridgehead atoms. The monoisotopic (exact) mass is 379 g/mol. The Balaban J connectivity index is 1.67. The van der Waals surface area contributed by atoms with E-state index >= 15 is 0 Å². The van der Waals surface area contributed by atoms with Gasteiger partial charge < -0.3 is 10.1 Å². The number of benzene rings is 2. The van der Waals surface area contributed by atoms with E-state index in [4.69, 9.17) is 4.74 Å². The highest BCUT2D eigenvalue weighted by atomic mass is 16.5. The molecule has 1 heterocycles. The van der Waals surface area contributed by atoms with Crippen LogP contribution in [0.3, 0.4) is 0 Å². The molecule has 146 valence electrons. The van der Waals surface area contributed by atoms with Crippen molar-refractivity contribution in [2.75, 3.05) is 6.61 Å². The van der Waals surface area contributed by atoms with Gasteiger partial charge in [-0.15, -0.1) is 5.01 Å². The third-order valence-corrected chi connectivity index (χ3v) is 4.69. The average molecular weight is 379 g/mol. The van der Waals surface area contributed by atoms with E-state index in [9.17, 15) is 9.59 Å². The van der Waals surface area contributed by atoms with E-state index in [1.807, 2.05) is 54.6 Å². The Labute approximate surface area is 165 Å². The number of hydrogen-bond acceptors (Lipinski definition) is 4. The van der Waals surface area contributed by atoms with Crippen LogP contribution in [0.2, 0.25) is 0 Å². The van der Waals surface area contributed by atoms with Gasteiger partial charge in [0.1, 0.15) is 11.3 Å². The van der Waals surface area contributed by atoms with Crippen molar-refractivity contribution in [1.29, 1.82) is 0 Å². The van der Waals surface area contributed by atoms with Crippen LogP contribution in [0.5, 0.6) is 5.75 Å². The number of ether oxygens (including phenoxy) is 1. The first kappa shape index (κ1) is 19.6. The van der Waals surface area contributed by atoms with E-state index in [1.165, 1.54) is 6.21 Å². The topological polar surface area (TPSA) is 71.0 Å². The Kier molecular flexibility index (Phi) is 5.78. The van der Waals surface area contributed by atoms with Crippen LogP contribution in [0.25, 0.3) is 0 Å². The highest BCUT2D eigenvalue weighted by Crippen LogP contribution is 2.28. The lowest BCUT2D eigenvalue weighted by atomic mass is 9.92. The number of carbonyl (C=O) groups is 2. The Hall–Kier alpha value is -3.15. The largest absolute Gasteiger partial charge is 0.494 e. The zero-order valence-electron chi connectivity index (χ0n) is 16.4. The molecule has 0 radical (unpaired) electrons. The summed E-state index contributed by atoms with van der Waals surface area (Å²) in [7, 11) is 0. The van der Waals surface area contributed by atoms with Gasteiger partial charge in [0, 0.05) is 0 Å². The fraction of sp³-hybridized carbons (Fsp3) is 0.318. The molecule has 6 heteroatoms. The zero-order chi connectivity index (χ0) is 20.1. The normalized spacial score (nSPS) is 19.5. The number of amides is 3. The summed E-state index contributed by atoms with van der Waals surface area (Å²) in [6.07, 6.45) is 2.49. The Morgan fingerprint density at radius 1 is 1.11 bits per heavy atom. The van der Waals surface area contributed by atoms with Crippen LogP contribution < -0.4 is 10.1 Å². The summed E-state index contributed by atoms with van der Waals surface area (Å²) >= 11 is 0. The van der Waals surface area contributed by atoms with Crippen LogP contribution in [0.1, 0.15) is 38.3 Å². The molecular weight excluding hydrogens is 354 g/mol. The molecule has 2 aromatic rings. The Bertz CT molecular complexity index is 862. The molecule has 28 heavy (non-hydrogen) atoms. The predicted octanol–water partition coefficient (Wildman–Crippen LogP) is 3.91. The highest BCUT2D eigenvalue weighted by Gasteiger charge is 2.49. The molecule has 1 saturated heterocycles. The fourth-order valence-corrected chi connectivity index (χ4v) is 2.88. The standard InChI is InChI=1S/C22H25N3O3/c1-16(2)13-14-28-19-11-9-17(10-12-19)15-23-25-20(26)22(3,24-21(25)27)18-7-5-4-6-8-18/h4-12,15-16H,13-14H2,1-3H3,(H,24,27)/b23-15-/t22-/m1/s1. The van der Waals surface area contributed by atoms with E-state index < -0.39 is 17.5 Å². The van der Waals surface area contributed by atoms with Crippen molar-refractivity contribution >= 4 is 18.2 Å². The second-order valence-electron chi connectivity index (χ2n) is 7.38. The molecule has 1 aliphatic rings. The van der Waals surface area contributed by atoms with Crippen LogP contribution in [-0.4, -0.2) is 29.8 Å². The number of hydrogen-bond donors (Lipinski definition) is 1. The van der Waals surface area contributed by atoms with E-state index in [2.05, 4.69) is 24.3 Å². The van der Waals surface area contributed by atoms with Crippen molar-refractivity contribution in [1.82, 2.24) is 10.3 Å². The molecule has 3 rings (SSSR count). The van der Waals surface area contributed by atoms with Crippen LogP contribution >= 0.6 is 0 Å². The molecule has 1 atom stereocenters. The van der Waals surface area contributed by atoms with Crippen LogP contribution in [0.15, 0.2) is 59.7 Å². The fourth-order valence-electron chi connectivity index (χ4n) is 2.88. The van der Waals surface area contributed by atoms with Crippen LogP contribution in [0.4, 0.5) is 4.79 Å². The van der Waals surface area contributed by atoms with Gasteiger partial charge >= 0.3 is 6.03 Å². The van der Waals surface area contributed by atoms with E-state index in [1.54, 1.807) is 6.92 Å². The number of nitrogens with zero attached hydrogens (tertiary/aromatic N) is 2. The molecule has 1 fully saturated rings. The van der Waals surface area contributed by atoms with Crippen molar-refractivity contribution in [2.45, 2.75) is 32.7 Å². The van der Waals surface area contributed by atoms with Crippen LogP contribution in [-0.2, 0) is 10.3 Å². The van der Waals surface area contributed by atoms with Gasteiger partial charge in [-0.25, -0.2) is 4.79 Å². The van der Waals surface area contributed by atoms with E-state index in [0.717, 1.165) is 22.7 Å². The number of rotatable bonds is 7. The quantitative estimate of drug-likeness (QED) is 0.586. The first-order chi connectivity index (χ1) is 13.4. The molecule has 0 spiro atoms. The lowest BCUT2D eigenvalue weighted by Gasteiger charge is -2.20. The minimum atomic E-state index is -1.12. The van der Waals surface area contributed by atoms with E-state index in [0.29, 0.717) is 18.1 Å². The maximum atomic E-state index is 12.8. The lowest BCUT2D eigenvalue weighted by Crippen LogP contribution is -2.40. The molecule has 1 aliphatic heterocycles. The van der Waals surface area contributed by atoms with Gasteiger partial charge in [0.05, 0.1) is 12.8 Å².